The summed E-state index contributed by atoms with van der Waals surface area (Å²) in [5.41, 5.74) is 16.2. The molecule has 0 atom stereocenters. The van der Waals surface area contributed by atoms with E-state index < -0.39 is 0 Å². The maximum Gasteiger partial charge on any atom is 0.0490 e. The molecule has 0 saturated carbocycles. The molecule has 1 nitrogen and oxygen atoms in total. The van der Waals surface area contributed by atoms with Crippen molar-refractivity contribution in [3.63, 3.8) is 0 Å². The molecule has 5 rings (SSSR count). The maximum absolute atomic E-state index is 2.35. The molecule has 0 aliphatic rings. The number of hydrogen-bond acceptors (Lipinski definition) is 1. The summed E-state index contributed by atoms with van der Waals surface area (Å²) in [5, 5.41) is 0. The van der Waals surface area contributed by atoms with Gasteiger partial charge in [-0.15, -0.1) is 0 Å². The Bertz CT molecular complexity index is 1610. The Morgan fingerprint density at radius 2 is 0.902 bits per heavy atom. The number of nitrogens with zero attached hydrogens (tertiary/aromatic N) is 1. The predicted octanol–water partition coefficient (Wildman–Crippen LogP) is 11.3. The predicted molar refractivity (Wildman–Crippen MR) is 180 cm³/mol. The Balaban J connectivity index is 1.45. The van der Waals surface area contributed by atoms with Crippen molar-refractivity contribution >= 4 is 41.4 Å². The lowest BCUT2D eigenvalue weighted by Crippen LogP contribution is -2.11. The van der Waals surface area contributed by atoms with Crippen LogP contribution in [0.25, 0.3) is 24.3 Å². The highest BCUT2D eigenvalue weighted by Crippen LogP contribution is 2.37. The minimum absolute atomic E-state index is 1.14. The molecule has 5 aromatic rings. The molecule has 0 heterocycles. The van der Waals surface area contributed by atoms with E-state index in [-0.39, 0.29) is 0 Å². The summed E-state index contributed by atoms with van der Waals surface area (Å²) < 4.78 is 0. The van der Waals surface area contributed by atoms with Crippen molar-refractivity contribution < 1.29 is 0 Å². The van der Waals surface area contributed by atoms with E-state index in [1.165, 1.54) is 61.3 Å². The molecule has 5 aromatic carbocycles. The van der Waals surface area contributed by atoms with E-state index in [1.54, 1.807) is 0 Å². The second kappa shape index (κ2) is 12.3. The average Bonchev–Trinajstić information content (AvgIpc) is 2.97. The fraction of sp³-hybridized carbons (Fsp3) is 0.150. The fourth-order valence-corrected chi connectivity index (χ4v) is 5.23. The minimum Gasteiger partial charge on any atom is -0.310 e. The molecule has 41 heavy (non-hydrogen) atoms. The summed E-state index contributed by atoms with van der Waals surface area (Å²) in [5.74, 6) is 0. The molecule has 0 aliphatic heterocycles. The summed E-state index contributed by atoms with van der Waals surface area (Å²) in [6, 6.07) is 37.3. The van der Waals surface area contributed by atoms with E-state index in [9.17, 15) is 0 Å². The third-order valence-corrected chi connectivity index (χ3v) is 8.10. The highest BCUT2D eigenvalue weighted by atomic mass is 15.1. The first kappa shape index (κ1) is 27.9. The molecule has 0 saturated heterocycles. The van der Waals surface area contributed by atoms with Crippen molar-refractivity contribution in [1.29, 1.82) is 0 Å². The van der Waals surface area contributed by atoms with Crippen LogP contribution < -0.4 is 4.90 Å². The third kappa shape index (κ3) is 6.42. The summed E-state index contributed by atoms with van der Waals surface area (Å²) in [6.07, 6.45) is 8.82. The molecule has 0 aromatic heterocycles. The van der Waals surface area contributed by atoms with Crippen LogP contribution in [-0.2, 0) is 0 Å². The third-order valence-electron chi connectivity index (χ3n) is 8.10. The topological polar surface area (TPSA) is 3.24 Å². The van der Waals surface area contributed by atoms with Crippen LogP contribution in [0.5, 0.6) is 0 Å². The lowest BCUT2D eigenvalue weighted by atomic mass is 10.0. The lowest BCUT2D eigenvalue weighted by Gasteiger charge is -2.27. The van der Waals surface area contributed by atoms with Crippen molar-refractivity contribution in [2.75, 3.05) is 4.90 Å². The second-order valence-electron chi connectivity index (χ2n) is 11.1. The van der Waals surface area contributed by atoms with E-state index in [2.05, 4.69) is 174 Å². The fourth-order valence-electron chi connectivity index (χ4n) is 5.23. The molecule has 0 fully saturated rings. The van der Waals surface area contributed by atoms with Crippen LogP contribution in [0.15, 0.2) is 103 Å². The molecule has 0 radical (unpaired) electrons. The van der Waals surface area contributed by atoms with Crippen LogP contribution in [0.4, 0.5) is 17.1 Å². The van der Waals surface area contributed by atoms with Gasteiger partial charge < -0.3 is 4.90 Å². The highest BCUT2D eigenvalue weighted by Gasteiger charge is 2.14. The SMILES string of the molecule is Cc1ccc(N(c2ccc(/C=C/c3cccc(C)c3C)cc2)c2ccc(/C=C/c3cccc(C)c3C)cc2)c(C)c1. The molecule has 0 N–H and O–H groups in total. The van der Waals surface area contributed by atoms with Gasteiger partial charge in [-0.1, -0.05) is 103 Å². The molecular formula is C40H39N. The first-order chi connectivity index (χ1) is 19.8. The number of aryl methyl sites for hydroxylation is 4. The molecule has 0 amide bonds. The van der Waals surface area contributed by atoms with Gasteiger partial charge in [0, 0.05) is 17.1 Å². The Labute approximate surface area is 246 Å². The van der Waals surface area contributed by atoms with Crippen LogP contribution in [0.2, 0.25) is 0 Å². The van der Waals surface area contributed by atoms with Crippen LogP contribution in [0, 0.1) is 41.5 Å². The van der Waals surface area contributed by atoms with Crippen molar-refractivity contribution in [1.82, 2.24) is 0 Å². The van der Waals surface area contributed by atoms with E-state index in [1.807, 2.05) is 0 Å². The molecule has 0 unspecified atom stereocenters. The zero-order valence-corrected chi connectivity index (χ0v) is 25.1. The summed E-state index contributed by atoms with van der Waals surface area (Å²) >= 11 is 0. The zero-order valence-electron chi connectivity index (χ0n) is 25.1. The van der Waals surface area contributed by atoms with E-state index in [0.717, 1.165) is 11.4 Å². The van der Waals surface area contributed by atoms with E-state index in [0.29, 0.717) is 0 Å². The number of hydrogen-bond donors (Lipinski definition) is 0. The second-order valence-corrected chi connectivity index (χ2v) is 11.1. The van der Waals surface area contributed by atoms with Crippen LogP contribution in [0.3, 0.4) is 0 Å². The monoisotopic (exact) mass is 533 g/mol. The lowest BCUT2D eigenvalue weighted by molar-refractivity contribution is 1.24. The maximum atomic E-state index is 2.35. The summed E-state index contributed by atoms with van der Waals surface area (Å²) in [7, 11) is 0. The normalized spacial score (nSPS) is 11.5. The first-order valence-electron chi connectivity index (χ1n) is 14.4. The van der Waals surface area contributed by atoms with E-state index >= 15 is 0 Å². The van der Waals surface area contributed by atoms with E-state index in [4.69, 9.17) is 0 Å². The number of anilines is 3. The van der Waals surface area contributed by atoms with Crippen molar-refractivity contribution in [3.05, 3.63) is 159 Å². The molecule has 204 valence electrons. The van der Waals surface area contributed by atoms with Gasteiger partial charge in [0.1, 0.15) is 0 Å². The number of rotatable bonds is 7. The smallest absolute Gasteiger partial charge is 0.0490 e. The molecular weight excluding hydrogens is 494 g/mol. The van der Waals surface area contributed by atoms with Crippen molar-refractivity contribution in [2.24, 2.45) is 0 Å². The van der Waals surface area contributed by atoms with Gasteiger partial charge in [0.2, 0.25) is 0 Å². The zero-order chi connectivity index (χ0) is 28.9. The van der Waals surface area contributed by atoms with Gasteiger partial charge in [-0.05, 0) is 122 Å². The van der Waals surface area contributed by atoms with Crippen molar-refractivity contribution in [3.8, 4) is 0 Å². The Morgan fingerprint density at radius 3 is 1.34 bits per heavy atom. The molecule has 0 spiro atoms. The Hall–Kier alpha value is -4.62. The van der Waals surface area contributed by atoms with Crippen molar-refractivity contribution in [2.45, 2.75) is 41.5 Å². The first-order valence-corrected chi connectivity index (χ1v) is 14.4. The molecule has 1 heteroatoms. The van der Waals surface area contributed by atoms with Crippen LogP contribution >= 0.6 is 0 Å². The standard InChI is InChI=1S/C40H39N/c1-28-13-26-40(31(4)27-28)41(38-22-16-34(17-23-38)14-20-36-11-7-9-29(2)32(36)5)39-24-18-35(19-25-39)15-21-37-12-8-10-30(3)33(37)6/h7-27H,1-6H3/b20-14+,21-15+. The molecule has 0 bridgehead atoms. The van der Waals surface area contributed by atoms with Gasteiger partial charge in [0.05, 0.1) is 0 Å². The number of benzene rings is 5. The quantitative estimate of drug-likeness (QED) is 0.188. The summed E-state index contributed by atoms with van der Waals surface area (Å²) in [6.45, 7) is 13.0. The average molecular weight is 534 g/mol. The Kier molecular flexibility index (Phi) is 8.36. The largest absolute Gasteiger partial charge is 0.310 e. The van der Waals surface area contributed by atoms with Gasteiger partial charge in [-0.2, -0.15) is 0 Å². The highest BCUT2D eigenvalue weighted by molar-refractivity contribution is 5.81. The minimum atomic E-state index is 1.14. The Morgan fingerprint density at radius 1 is 0.439 bits per heavy atom. The van der Waals surface area contributed by atoms with Gasteiger partial charge >= 0.3 is 0 Å². The van der Waals surface area contributed by atoms with Gasteiger partial charge in [-0.25, -0.2) is 0 Å². The van der Waals surface area contributed by atoms with Crippen LogP contribution in [0.1, 0.15) is 55.6 Å². The van der Waals surface area contributed by atoms with Gasteiger partial charge in [0.25, 0.3) is 0 Å². The molecule has 0 aliphatic carbocycles. The van der Waals surface area contributed by atoms with Gasteiger partial charge in [-0.3, -0.25) is 0 Å². The van der Waals surface area contributed by atoms with Crippen LogP contribution in [-0.4, -0.2) is 0 Å². The van der Waals surface area contributed by atoms with Gasteiger partial charge in [0.15, 0.2) is 0 Å². The summed E-state index contributed by atoms with van der Waals surface area (Å²) in [4.78, 5) is 2.35.